The first-order chi connectivity index (χ1) is 8.70. The van der Waals surface area contributed by atoms with Gasteiger partial charge in [0.05, 0.1) is 6.61 Å². The minimum atomic E-state index is -0.609. The van der Waals surface area contributed by atoms with E-state index in [9.17, 15) is 5.11 Å². The van der Waals surface area contributed by atoms with Crippen molar-refractivity contribution in [3.05, 3.63) is 63.2 Å². The number of rotatable bonds is 4. The second kappa shape index (κ2) is 6.20. The topological polar surface area (TPSA) is 29.5 Å². The molecule has 94 valence electrons. The zero-order valence-electron chi connectivity index (χ0n) is 10.1. The fraction of sp³-hybridized carbons (Fsp3) is 0.200. The molecule has 0 saturated heterocycles. The summed E-state index contributed by atoms with van der Waals surface area (Å²) < 4.78 is 6.60. The van der Waals surface area contributed by atoms with E-state index in [0.29, 0.717) is 6.61 Å². The van der Waals surface area contributed by atoms with Crippen LogP contribution >= 0.6 is 22.6 Å². The molecule has 0 aromatic heterocycles. The Hall–Kier alpha value is -1.07. The highest BCUT2D eigenvalue weighted by molar-refractivity contribution is 14.1. The minimum absolute atomic E-state index is 0.609. The van der Waals surface area contributed by atoms with Crippen LogP contribution in [-0.4, -0.2) is 11.7 Å². The van der Waals surface area contributed by atoms with Crippen molar-refractivity contribution >= 4 is 22.6 Å². The maximum atomic E-state index is 10.3. The van der Waals surface area contributed by atoms with Crippen LogP contribution < -0.4 is 4.74 Å². The van der Waals surface area contributed by atoms with Gasteiger partial charge in [0.25, 0.3) is 0 Å². The van der Waals surface area contributed by atoms with Gasteiger partial charge >= 0.3 is 0 Å². The Morgan fingerprint density at radius 2 is 1.83 bits per heavy atom. The van der Waals surface area contributed by atoms with Crippen LogP contribution in [0, 0.1) is 3.57 Å². The van der Waals surface area contributed by atoms with Gasteiger partial charge in [-0.2, -0.15) is 0 Å². The Morgan fingerprint density at radius 3 is 2.50 bits per heavy atom. The van der Waals surface area contributed by atoms with Crippen LogP contribution in [0.3, 0.4) is 0 Å². The van der Waals surface area contributed by atoms with E-state index in [1.54, 1.807) is 0 Å². The number of halogens is 1. The van der Waals surface area contributed by atoms with E-state index in [1.807, 2.05) is 55.5 Å². The third kappa shape index (κ3) is 3.23. The highest BCUT2D eigenvalue weighted by Crippen LogP contribution is 2.25. The number of ether oxygens (including phenoxy) is 1. The molecule has 18 heavy (non-hydrogen) atoms. The van der Waals surface area contributed by atoms with Gasteiger partial charge in [-0.3, -0.25) is 0 Å². The zero-order chi connectivity index (χ0) is 13.0. The van der Waals surface area contributed by atoms with Crippen molar-refractivity contribution in [1.82, 2.24) is 0 Å². The number of hydrogen-bond donors (Lipinski definition) is 1. The average molecular weight is 354 g/mol. The van der Waals surface area contributed by atoms with Crippen molar-refractivity contribution < 1.29 is 9.84 Å². The first-order valence-electron chi connectivity index (χ1n) is 5.87. The zero-order valence-corrected chi connectivity index (χ0v) is 12.3. The lowest BCUT2D eigenvalue weighted by Crippen LogP contribution is -2.00. The van der Waals surface area contributed by atoms with E-state index in [-0.39, 0.29) is 0 Å². The highest BCUT2D eigenvalue weighted by Gasteiger charge is 2.10. The maximum absolute atomic E-state index is 10.3. The summed E-state index contributed by atoms with van der Waals surface area (Å²) >= 11 is 2.25. The molecule has 0 heterocycles. The molecular weight excluding hydrogens is 339 g/mol. The summed E-state index contributed by atoms with van der Waals surface area (Å²) in [6, 6.07) is 15.5. The predicted octanol–water partition coefficient (Wildman–Crippen LogP) is 3.77. The maximum Gasteiger partial charge on any atom is 0.119 e. The second-order valence-corrected chi connectivity index (χ2v) is 5.21. The molecule has 2 nitrogen and oxygen atoms in total. The molecule has 1 unspecified atom stereocenters. The first-order valence-corrected chi connectivity index (χ1v) is 6.95. The lowest BCUT2D eigenvalue weighted by atomic mass is 10.0. The van der Waals surface area contributed by atoms with Crippen molar-refractivity contribution in [1.29, 1.82) is 0 Å². The Balaban J connectivity index is 2.24. The largest absolute Gasteiger partial charge is 0.494 e. The quantitative estimate of drug-likeness (QED) is 0.847. The lowest BCUT2D eigenvalue weighted by Gasteiger charge is -2.13. The van der Waals surface area contributed by atoms with Crippen molar-refractivity contribution in [2.45, 2.75) is 13.0 Å². The normalized spacial score (nSPS) is 12.2. The van der Waals surface area contributed by atoms with Gasteiger partial charge in [0, 0.05) is 3.57 Å². The molecule has 2 aromatic rings. The fourth-order valence-electron chi connectivity index (χ4n) is 1.78. The predicted molar refractivity (Wildman–Crippen MR) is 80.8 cm³/mol. The summed E-state index contributed by atoms with van der Waals surface area (Å²) in [5, 5.41) is 10.3. The van der Waals surface area contributed by atoms with Crippen molar-refractivity contribution in [3.63, 3.8) is 0 Å². The Bertz CT molecular complexity index is 508. The van der Waals surface area contributed by atoms with Crippen molar-refractivity contribution in [2.75, 3.05) is 6.61 Å². The van der Waals surface area contributed by atoms with E-state index >= 15 is 0 Å². The summed E-state index contributed by atoms with van der Waals surface area (Å²) in [7, 11) is 0. The molecule has 0 saturated carbocycles. The fourth-order valence-corrected chi connectivity index (χ4v) is 2.14. The number of aliphatic hydroxyl groups is 1. The molecule has 0 aliphatic carbocycles. The lowest BCUT2D eigenvalue weighted by molar-refractivity contribution is 0.219. The standard InChI is InChI=1S/C15H15IO2/c1-2-18-14-5-3-4-12(10-14)15(17)11-6-8-13(16)9-7-11/h3-10,15,17H,2H2,1H3. The molecule has 2 rings (SSSR count). The van der Waals surface area contributed by atoms with E-state index in [0.717, 1.165) is 20.4 Å². The smallest absolute Gasteiger partial charge is 0.119 e. The summed E-state index contributed by atoms with van der Waals surface area (Å²) in [4.78, 5) is 0. The molecule has 0 radical (unpaired) electrons. The van der Waals surface area contributed by atoms with Gasteiger partial charge in [0.15, 0.2) is 0 Å². The van der Waals surface area contributed by atoms with Crippen LogP contribution in [0.25, 0.3) is 0 Å². The van der Waals surface area contributed by atoms with E-state index in [2.05, 4.69) is 22.6 Å². The number of aliphatic hydroxyl groups excluding tert-OH is 1. The van der Waals surface area contributed by atoms with Gasteiger partial charge < -0.3 is 9.84 Å². The van der Waals surface area contributed by atoms with Crippen molar-refractivity contribution in [2.24, 2.45) is 0 Å². The van der Waals surface area contributed by atoms with Crippen LogP contribution in [0.5, 0.6) is 5.75 Å². The molecule has 0 amide bonds. The van der Waals surface area contributed by atoms with Crippen molar-refractivity contribution in [3.8, 4) is 5.75 Å². The van der Waals surface area contributed by atoms with Gasteiger partial charge in [-0.15, -0.1) is 0 Å². The SMILES string of the molecule is CCOc1cccc(C(O)c2ccc(I)cc2)c1. The van der Waals surface area contributed by atoms with Crippen LogP contribution in [0.4, 0.5) is 0 Å². The van der Waals surface area contributed by atoms with Crippen LogP contribution in [0.1, 0.15) is 24.2 Å². The first kappa shape index (κ1) is 13.4. The van der Waals surface area contributed by atoms with Crippen LogP contribution in [0.2, 0.25) is 0 Å². The molecular formula is C15H15IO2. The van der Waals surface area contributed by atoms with Crippen LogP contribution in [-0.2, 0) is 0 Å². The van der Waals surface area contributed by atoms with E-state index < -0.39 is 6.10 Å². The molecule has 3 heteroatoms. The van der Waals surface area contributed by atoms with Gasteiger partial charge in [0.1, 0.15) is 11.9 Å². The third-order valence-corrected chi connectivity index (χ3v) is 3.39. The summed E-state index contributed by atoms with van der Waals surface area (Å²) in [5.74, 6) is 0.791. The van der Waals surface area contributed by atoms with Gasteiger partial charge in [-0.1, -0.05) is 24.3 Å². The third-order valence-electron chi connectivity index (χ3n) is 2.67. The molecule has 0 aliphatic rings. The average Bonchev–Trinajstić information content (AvgIpc) is 2.39. The monoisotopic (exact) mass is 354 g/mol. The Labute approximate surface area is 121 Å². The molecule has 0 aliphatic heterocycles. The highest BCUT2D eigenvalue weighted by atomic mass is 127. The number of benzene rings is 2. The van der Waals surface area contributed by atoms with E-state index in [1.165, 1.54) is 0 Å². The Morgan fingerprint density at radius 1 is 1.11 bits per heavy atom. The van der Waals surface area contributed by atoms with Gasteiger partial charge in [0.2, 0.25) is 0 Å². The van der Waals surface area contributed by atoms with Gasteiger partial charge in [-0.25, -0.2) is 0 Å². The summed E-state index contributed by atoms with van der Waals surface area (Å²) in [6.07, 6.45) is -0.609. The molecule has 1 N–H and O–H groups in total. The summed E-state index contributed by atoms with van der Waals surface area (Å²) in [5.41, 5.74) is 1.74. The van der Waals surface area contributed by atoms with Gasteiger partial charge in [-0.05, 0) is 64.9 Å². The Kier molecular flexibility index (Phi) is 4.60. The minimum Gasteiger partial charge on any atom is -0.494 e. The molecule has 0 fully saturated rings. The second-order valence-electron chi connectivity index (χ2n) is 3.96. The number of hydrogen-bond acceptors (Lipinski definition) is 2. The molecule has 0 spiro atoms. The van der Waals surface area contributed by atoms with Crippen LogP contribution in [0.15, 0.2) is 48.5 Å². The molecule has 1 atom stereocenters. The summed E-state index contributed by atoms with van der Waals surface area (Å²) in [6.45, 7) is 2.57. The van der Waals surface area contributed by atoms with E-state index in [4.69, 9.17) is 4.74 Å². The molecule has 2 aromatic carbocycles. The molecule has 0 bridgehead atoms.